The molecule has 0 aliphatic carbocycles. The monoisotopic (exact) mass is 176 g/mol. The van der Waals surface area contributed by atoms with E-state index in [4.69, 9.17) is 15.2 Å². The number of nitrogens with two attached hydrogens (primary N) is 1. The van der Waals surface area contributed by atoms with Crippen LogP contribution in [-0.4, -0.2) is 48.9 Å². The van der Waals surface area contributed by atoms with Gasteiger partial charge in [-0.05, 0) is 6.17 Å². The summed E-state index contributed by atoms with van der Waals surface area (Å²) in [5.41, 5.74) is 5.29. The normalized spacial score (nSPS) is 10.9. The van der Waals surface area contributed by atoms with E-state index in [1.807, 2.05) is 0 Å². The molecule has 0 aromatic rings. The zero-order valence-corrected chi connectivity index (χ0v) is 8.09. The van der Waals surface area contributed by atoms with E-state index < -0.39 is 0 Å². The maximum absolute atomic E-state index is 5.29. The standard InChI is InChI=1S/C6H16N2O2Si/c1-9-6(10-2)11-5-8-4-3-7/h6,8H,3-5,7H2,1-2H3. The molecule has 2 radical (unpaired) electrons. The summed E-state index contributed by atoms with van der Waals surface area (Å²) in [7, 11) is 3.91. The average molecular weight is 176 g/mol. The lowest BCUT2D eigenvalue weighted by molar-refractivity contribution is -0.0441. The lowest BCUT2D eigenvalue weighted by Crippen LogP contribution is -2.33. The van der Waals surface area contributed by atoms with Gasteiger partial charge in [0.1, 0.15) is 15.4 Å². The average Bonchev–Trinajstić information content (AvgIpc) is 2.05. The fourth-order valence-corrected chi connectivity index (χ4v) is 1.43. The zero-order valence-electron chi connectivity index (χ0n) is 7.09. The first-order chi connectivity index (χ1) is 5.35. The van der Waals surface area contributed by atoms with Gasteiger partial charge in [0, 0.05) is 27.3 Å². The van der Waals surface area contributed by atoms with Gasteiger partial charge in [0.25, 0.3) is 0 Å². The summed E-state index contributed by atoms with van der Waals surface area (Å²) >= 11 is 0. The highest BCUT2D eigenvalue weighted by atomic mass is 28.2. The Hall–Kier alpha value is 0.0569. The van der Waals surface area contributed by atoms with Crippen LogP contribution in [0.2, 0.25) is 0 Å². The third kappa shape index (κ3) is 6.45. The van der Waals surface area contributed by atoms with Crippen molar-refractivity contribution in [3.05, 3.63) is 0 Å². The summed E-state index contributed by atoms with van der Waals surface area (Å²) in [6.07, 6.45) is 0.906. The van der Waals surface area contributed by atoms with Crippen LogP contribution >= 0.6 is 0 Å². The summed E-state index contributed by atoms with van der Waals surface area (Å²) in [5, 5.41) is 3.16. The molecule has 3 N–H and O–H groups in total. The first kappa shape index (κ1) is 11.1. The molecule has 0 unspecified atom stereocenters. The van der Waals surface area contributed by atoms with Crippen molar-refractivity contribution in [3.8, 4) is 0 Å². The molecule has 0 rings (SSSR count). The first-order valence-electron chi connectivity index (χ1n) is 3.55. The Bertz CT molecular complexity index is 81.0. The highest BCUT2D eigenvalue weighted by molar-refractivity contribution is 6.36. The quantitative estimate of drug-likeness (QED) is 0.290. The Morgan fingerprint density at radius 3 is 2.55 bits per heavy atom. The Morgan fingerprint density at radius 1 is 1.45 bits per heavy atom. The summed E-state index contributed by atoms with van der Waals surface area (Å²) in [6.45, 7) is 1.53. The van der Waals surface area contributed by atoms with Crippen LogP contribution in [0.4, 0.5) is 0 Å². The molecule has 0 aliphatic rings. The number of hydrogen-bond donors (Lipinski definition) is 2. The van der Waals surface area contributed by atoms with Crippen LogP contribution < -0.4 is 11.1 Å². The molecule has 0 heterocycles. The molecule has 0 atom stereocenters. The fraction of sp³-hybridized carbons (Fsp3) is 1.00. The maximum atomic E-state index is 5.29. The highest BCUT2D eigenvalue weighted by Crippen LogP contribution is 1.85. The Labute approximate surface area is 70.3 Å². The van der Waals surface area contributed by atoms with Crippen molar-refractivity contribution < 1.29 is 9.47 Å². The second-order valence-corrected chi connectivity index (χ2v) is 3.21. The van der Waals surface area contributed by atoms with Gasteiger partial charge in [-0.1, -0.05) is 0 Å². The summed E-state index contributed by atoms with van der Waals surface area (Å²) in [5.74, 6) is -0.0692. The number of rotatable bonds is 7. The SMILES string of the molecule is COC(OC)[Si]CNCCN. The second-order valence-electron chi connectivity index (χ2n) is 1.97. The van der Waals surface area contributed by atoms with E-state index in [1.165, 1.54) is 0 Å². The maximum Gasteiger partial charge on any atom is 0.137 e. The van der Waals surface area contributed by atoms with Crippen molar-refractivity contribution in [1.29, 1.82) is 0 Å². The third-order valence-electron chi connectivity index (χ3n) is 1.14. The number of methoxy groups -OCH3 is 2. The predicted molar refractivity (Wildman–Crippen MR) is 45.5 cm³/mol. The van der Waals surface area contributed by atoms with Gasteiger partial charge in [-0.2, -0.15) is 0 Å². The molecule has 0 bridgehead atoms. The fourth-order valence-electron chi connectivity index (χ4n) is 0.609. The molecule has 0 aliphatic heterocycles. The lowest BCUT2D eigenvalue weighted by Gasteiger charge is -2.11. The third-order valence-corrected chi connectivity index (χ3v) is 2.40. The topological polar surface area (TPSA) is 56.5 Å². The molecule has 0 saturated carbocycles. The molecular weight excluding hydrogens is 160 g/mol. The van der Waals surface area contributed by atoms with Crippen LogP contribution in [0, 0.1) is 0 Å². The van der Waals surface area contributed by atoms with Crippen molar-refractivity contribution in [2.24, 2.45) is 5.73 Å². The number of ether oxygens (including phenoxy) is 2. The van der Waals surface area contributed by atoms with Crippen LogP contribution in [0.25, 0.3) is 0 Å². The van der Waals surface area contributed by atoms with Crippen LogP contribution in [0.15, 0.2) is 0 Å². The van der Waals surface area contributed by atoms with Gasteiger partial charge < -0.3 is 20.5 Å². The van der Waals surface area contributed by atoms with E-state index >= 15 is 0 Å². The van der Waals surface area contributed by atoms with Crippen LogP contribution in [-0.2, 0) is 9.47 Å². The highest BCUT2D eigenvalue weighted by Gasteiger charge is 2.04. The lowest BCUT2D eigenvalue weighted by atomic mass is 10.7. The van der Waals surface area contributed by atoms with Crippen molar-refractivity contribution in [2.75, 3.05) is 33.5 Å². The molecule has 0 saturated heterocycles. The van der Waals surface area contributed by atoms with Crippen LogP contribution in [0.1, 0.15) is 0 Å². The van der Waals surface area contributed by atoms with E-state index in [2.05, 4.69) is 5.32 Å². The molecule has 66 valence electrons. The van der Waals surface area contributed by atoms with Gasteiger partial charge in [-0.25, -0.2) is 0 Å². The van der Waals surface area contributed by atoms with Gasteiger partial charge in [0.15, 0.2) is 0 Å². The van der Waals surface area contributed by atoms with Gasteiger partial charge in [0.05, 0.1) is 0 Å². The van der Waals surface area contributed by atoms with Crippen molar-refractivity contribution in [1.82, 2.24) is 5.32 Å². The van der Waals surface area contributed by atoms with Gasteiger partial charge in [0.2, 0.25) is 0 Å². The van der Waals surface area contributed by atoms with Crippen molar-refractivity contribution >= 4 is 9.52 Å². The number of nitrogens with one attached hydrogen (secondary N) is 1. The Morgan fingerprint density at radius 2 is 2.09 bits per heavy atom. The van der Waals surface area contributed by atoms with E-state index in [-0.39, 0.29) is 5.91 Å². The first-order valence-corrected chi connectivity index (χ1v) is 4.83. The largest absolute Gasteiger partial charge is 0.360 e. The zero-order chi connectivity index (χ0) is 8.53. The van der Waals surface area contributed by atoms with Gasteiger partial charge in [-0.3, -0.25) is 0 Å². The molecular formula is C6H16N2O2Si. The molecule has 4 nitrogen and oxygen atoms in total. The second kappa shape index (κ2) is 8.16. The van der Waals surface area contributed by atoms with Gasteiger partial charge in [-0.15, -0.1) is 0 Å². The minimum Gasteiger partial charge on any atom is -0.360 e. The molecule has 11 heavy (non-hydrogen) atoms. The van der Waals surface area contributed by atoms with Crippen LogP contribution in [0.3, 0.4) is 0 Å². The van der Waals surface area contributed by atoms with Crippen molar-refractivity contribution in [3.63, 3.8) is 0 Å². The Kier molecular flexibility index (Phi) is 8.20. The minimum atomic E-state index is -0.0692. The molecule has 0 aromatic heterocycles. The van der Waals surface area contributed by atoms with Gasteiger partial charge >= 0.3 is 0 Å². The smallest absolute Gasteiger partial charge is 0.137 e. The number of hydrogen-bond acceptors (Lipinski definition) is 4. The Balaban J connectivity index is 3.07. The summed E-state index contributed by atoms with van der Waals surface area (Å²) < 4.78 is 10.00. The van der Waals surface area contributed by atoms with E-state index in [1.54, 1.807) is 14.2 Å². The molecule has 0 fully saturated rings. The molecule has 0 aromatic carbocycles. The molecule has 5 heteroatoms. The van der Waals surface area contributed by atoms with Crippen molar-refractivity contribution in [2.45, 2.75) is 5.91 Å². The van der Waals surface area contributed by atoms with Crippen LogP contribution in [0.5, 0.6) is 0 Å². The molecule has 0 spiro atoms. The summed E-state index contributed by atoms with van der Waals surface area (Å²) in [4.78, 5) is 0. The minimum absolute atomic E-state index is 0.0692. The summed E-state index contributed by atoms with van der Waals surface area (Å²) in [6, 6.07) is 0. The predicted octanol–water partition coefficient (Wildman–Crippen LogP) is -1.23. The molecule has 0 amide bonds. The van der Waals surface area contributed by atoms with E-state index in [9.17, 15) is 0 Å². The van der Waals surface area contributed by atoms with E-state index in [0.29, 0.717) is 16.1 Å². The van der Waals surface area contributed by atoms with E-state index in [0.717, 1.165) is 12.7 Å².